The largest absolute Gasteiger partial charge is 0.484 e. The molecule has 0 radical (unpaired) electrons. The van der Waals surface area contributed by atoms with E-state index >= 15 is 0 Å². The predicted octanol–water partition coefficient (Wildman–Crippen LogP) is 1.88. The second-order valence-corrected chi connectivity index (χ2v) is 5.50. The van der Waals surface area contributed by atoms with Crippen LogP contribution in [-0.2, 0) is 11.2 Å². The van der Waals surface area contributed by atoms with Gasteiger partial charge in [0, 0.05) is 12.1 Å². The third kappa shape index (κ3) is 5.21. The first kappa shape index (κ1) is 14.9. The highest BCUT2D eigenvalue weighted by Crippen LogP contribution is 2.18. The molecule has 1 unspecified atom stereocenters. The lowest BCUT2D eigenvalue weighted by molar-refractivity contribution is -0.123. The van der Waals surface area contributed by atoms with Gasteiger partial charge in [0.15, 0.2) is 6.61 Å². The molecule has 1 aliphatic carbocycles. The van der Waals surface area contributed by atoms with Gasteiger partial charge in [0.05, 0.1) is 0 Å². The summed E-state index contributed by atoms with van der Waals surface area (Å²) < 4.78 is 5.47. The summed E-state index contributed by atoms with van der Waals surface area (Å²) in [6, 6.07) is 8.92. The van der Waals surface area contributed by atoms with E-state index in [9.17, 15) is 4.79 Å². The van der Waals surface area contributed by atoms with Crippen LogP contribution in [0.5, 0.6) is 5.75 Å². The summed E-state index contributed by atoms with van der Waals surface area (Å²) >= 11 is 0. The van der Waals surface area contributed by atoms with Crippen molar-refractivity contribution in [1.29, 1.82) is 0 Å². The lowest BCUT2D eigenvalue weighted by Gasteiger charge is -2.10. The van der Waals surface area contributed by atoms with Gasteiger partial charge in [0.1, 0.15) is 5.75 Å². The van der Waals surface area contributed by atoms with Crippen LogP contribution in [0.4, 0.5) is 0 Å². The Kier molecular flexibility index (Phi) is 5.41. The molecule has 4 nitrogen and oxygen atoms in total. The third-order valence-corrected chi connectivity index (χ3v) is 3.59. The molecule has 110 valence electrons. The van der Waals surface area contributed by atoms with Crippen LogP contribution in [0.1, 0.15) is 31.7 Å². The van der Waals surface area contributed by atoms with Crippen LogP contribution in [0, 0.1) is 0 Å². The monoisotopic (exact) mass is 276 g/mol. The smallest absolute Gasteiger partial charge is 0.258 e. The van der Waals surface area contributed by atoms with Gasteiger partial charge in [0.2, 0.25) is 0 Å². The molecule has 1 fully saturated rings. The molecular weight excluding hydrogens is 252 g/mol. The average molecular weight is 276 g/mol. The topological polar surface area (TPSA) is 50.4 Å². The van der Waals surface area contributed by atoms with Crippen molar-refractivity contribution < 1.29 is 9.53 Å². The molecular formula is C16H24N2O2. The molecule has 2 rings (SSSR count). The van der Waals surface area contributed by atoms with Gasteiger partial charge >= 0.3 is 0 Å². The van der Waals surface area contributed by atoms with Gasteiger partial charge in [0.25, 0.3) is 5.91 Å². The minimum absolute atomic E-state index is 0.0283. The van der Waals surface area contributed by atoms with Crippen molar-refractivity contribution in [2.75, 3.05) is 13.7 Å². The number of hydrogen-bond donors (Lipinski definition) is 2. The number of amides is 1. The first-order valence-electron chi connectivity index (χ1n) is 7.35. The molecule has 1 saturated carbocycles. The van der Waals surface area contributed by atoms with Gasteiger partial charge in [-0.25, -0.2) is 0 Å². The lowest BCUT2D eigenvalue weighted by atomic mass is 10.1. The number of aryl methyl sites for hydroxylation is 1. The molecule has 1 aromatic carbocycles. The van der Waals surface area contributed by atoms with Gasteiger partial charge in [-0.2, -0.15) is 0 Å². The van der Waals surface area contributed by atoms with E-state index in [0.29, 0.717) is 12.1 Å². The molecule has 1 aromatic rings. The van der Waals surface area contributed by atoms with Crippen molar-refractivity contribution in [2.24, 2.45) is 0 Å². The maximum atomic E-state index is 11.5. The van der Waals surface area contributed by atoms with Gasteiger partial charge in [-0.05, 0) is 57.4 Å². The fraction of sp³-hybridized carbons (Fsp3) is 0.562. The molecule has 0 spiro atoms. The Balaban J connectivity index is 1.71. The van der Waals surface area contributed by atoms with Crippen molar-refractivity contribution in [3.05, 3.63) is 29.8 Å². The highest BCUT2D eigenvalue weighted by molar-refractivity contribution is 5.78. The number of nitrogens with one attached hydrogen (secondary N) is 2. The number of rotatable bonds is 8. The summed E-state index contributed by atoms with van der Waals surface area (Å²) in [6.07, 6.45) is 4.36. The van der Waals surface area contributed by atoms with Crippen LogP contribution in [0.3, 0.4) is 0 Å². The number of ether oxygens (including phenoxy) is 1. The van der Waals surface area contributed by atoms with Crippen LogP contribution in [0.25, 0.3) is 0 Å². The van der Waals surface area contributed by atoms with Crippen molar-refractivity contribution in [3.8, 4) is 5.75 Å². The summed E-state index contributed by atoms with van der Waals surface area (Å²) in [5.74, 6) is 0.723. The summed E-state index contributed by atoms with van der Waals surface area (Å²) in [7, 11) is 1.98. The van der Waals surface area contributed by atoms with Gasteiger partial charge in [-0.3, -0.25) is 4.79 Å². The number of benzene rings is 1. The Labute approximate surface area is 120 Å². The summed E-state index contributed by atoms with van der Waals surface area (Å²) in [5.41, 5.74) is 1.29. The quantitative estimate of drug-likeness (QED) is 0.762. The van der Waals surface area contributed by atoms with Gasteiger partial charge in [-0.1, -0.05) is 12.1 Å². The third-order valence-electron chi connectivity index (χ3n) is 3.59. The second kappa shape index (κ2) is 7.29. The first-order valence-corrected chi connectivity index (χ1v) is 7.35. The lowest BCUT2D eigenvalue weighted by Crippen LogP contribution is -2.30. The van der Waals surface area contributed by atoms with E-state index in [1.807, 2.05) is 19.2 Å². The van der Waals surface area contributed by atoms with Crippen molar-refractivity contribution in [3.63, 3.8) is 0 Å². The SMILES string of the molecule is CNC(C)CCc1ccc(OCC(=O)NC2CC2)cc1. The Morgan fingerprint density at radius 1 is 1.35 bits per heavy atom. The minimum atomic E-state index is -0.0283. The standard InChI is InChI=1S/C16H24N2O2/c1-12(17-2)3-4-13-5-9-15(10-6-13)20-11-16(19)18-14-7-8-14/h5-6,9-10,12,14,17H,3-4,7-8,11H2,1-2H3,(H,18,19). The second-order valence-electron chi connectivity index (χ2n) is 5.50. The Morgan fingerprint density at radius 3 is 2.65 bits per heavy atom. The van der Waals surface area contributed by atoms with Crippen LogP contribution in [0.15, 0.2) is 24.3 Å². The van der Waals surface area contributed by atoms with Crippen LogP contribution < -0.4 is 15.4 Å². The van der Waals surface area contributed by atoms with E-state index in [-0.39, 0.29) is 12.5 Å². The van der Waals surface area contributed by atoms with E-state index in [1.165, 1.54) is 5.56 Å². The minimum Gasteiger partial charge on any atom is -0.484 e. The van der Waals surface area contributed by atoms with E-state index in [0.717, 1.165) is 31.4 Å². The maximum Gasteiger partial charge on any atom is 0.258 e. The van der Waals surface area contributed by atoms with Crippen molar-refractivity contribution >= 4 is 5.91 Å². The Morgan fingerprint density at radius 2 is 2.05 bits per heavy atom. The first-order chi connectivity index (χ1) is 9.67. The van der Waals surface area contributed by atoms with Crippen LogP contribution >= 0.6 is 0 Å². The molecule has 1 amide bonds. The fourth-order valence-electron chi connectivity index (χ4n) is 1.93. The molecule has 2 N–H and O–H groups in total. The maximum absolute atomic E-state index is 11.5. The fourth-order valence-corrected chi connectivity index (χ4v) is 1.93. The zero-order chi connectivity index (χ0) is 14.4. The summed E-state index contributed by atoms with van der Waals surface area (Å²) in [5, 5.41) is 6.13. The van der Waals surface area contributed by atoms with E-state index in [2.05, 4.69) is 29.7 Å². The number of carbonyl (C=O) groups excluding carboxylic acids is 1. The highest BCUT2D eigenvalue weighted by atomic mass is 16.5. The molecule has 0 saturated heterocycles. The van der Waals surface area contributed by atoms with Crippen LogP contribution in [-0.4, -0.2) is 31.6 Å². The predicted molar refractivity (Wildman–Crippen MR) is 79.9 cm³/mol. The molecule has 1 atom stereocenters. The highest BCUT2D eigenvalue weighted by Gasteiger charge is 2.23. The molecule has 4 heteroatoms. The van der Waals surface area contributed by atoms with E-state index < -0.39 is 0 Å². The normalized spacial score (nSPS) is 15.7. The summed E-state index contributed by atoms with van der Waals surface area (Å²) in [6.45, 7) is 2.28. The van der Waals surface area contributed by atoms with Crippen molar-refractivity contribution in [2.45, 2.75) is 44.7 Å². The zero-order valence-electron chi connectivity index (χ0n) is 12.3. The summed E-state index contributed by atoms with van der Waals surface area (Å²) in [4.78, 5) is 11.5. The molecule has 20 heavy (non-hydrogen) atoms. The molecule has 0 heterocycles. The average Bonchev–Trinajstić information content (AvgIpc) is 3.27. The number of hydrogen-bond acceptors (Lipinski definition) is 3. The molecule has 0 aromatic heterocycles. The molecule has 0 aliphatic heterocycles. The van der Waals surface area contributed by atoms with Crippen molar-refractivity contribution in [1.82, 2.24) is 10.6 Å². The van der Waals surface area contributed by atoms with Gasteiger partial charge in [-0.15, -0.1) is 0 Å². The zero-order valence-corrected chi connectivity index (χ0v) is 12.3. The molecule has 0 bridgehead atoms. The molecule has 1 aliphatic rings. The Hall–Kier alpha value is -1.55. The van der Waals surface area contributed by atoms with E-state index in [4.69, 9.17) is 4.74 Å². The van der Waals surface area contributed by atoms with E-state index in [1.54, 1.807) is 0 Å². The van der Waals surface area contributed by atoms with Gasteiger partial charge < -0.3 is 15.4 Å². The number of carbonyl (C=O) groups is 1. The van der Waals surface area contributed by atoms with Crippen LogP contribution in [0.2, 0.25) is 0 Å². The Bertz CT molecular complexity index is 427.